The number of fused-ring (bicyclic) bond motifs is 1. The molecule has 1 N–H and O–H groups in total. The molecule has 1 aliphatic heterocycles. The van der Waals surface area contributed by atoms with Gasteiger partial charge in [0.05, 0.1) is 11.0 Å². The van der Waals surface area contributed by atoms with E-state index < -0.39 is 11.0 Å². The van der Waals surface area contributed by atoms with Crippen molar-refractivity contribution in [2.45, 2.75) is 12.5 Å². The summed E-state index contributed by atoms with van der Waals surface area (Å²) in [4.78, 5) is 10.1. The fourth-order valence-corrected chi connectivity index (χ4v) is 1.53. The number of aliphatic hydroxyl groups is 1. The second kappa shape index (κ2) is 3.26. The Hall–Kier alpha value is -1.62. The molecule has 0 spiro atoms. The molecule has 2 rings (SSSR count). The highest BCUT2D eigenvalue weighted by Crippen LogP contribution is 2.34. The number of benzene rings is 1. The van der Waals surface area contributed by atoms with Gasteiger partial charge in [-0.05, 0) is 0 Å². The molecule has 0 saturated heterocycles. The molecule has 74 valence electrons. The van der Waals surface area contributed by atoms with Crippen molar-refractivity contribution in [1.29, 1.82) is 0 Å². The molecule has 1 aliphatic rings. The first-order valence-electron chi connectivity index (χ1n) is 4.25. The topological polar surface area (TPSA) is 72.6 Å². The first-order chi connectivity index (χ1) is 6.68. The fourth-order valence-electron chi connectivity index (χ4n) is 1.53. The molecule has 1 atom stereocenters. The van der Waals surface area contributed by atoms with Gasteiger partial charge in [-0.3, -0.25) is 10.1 Å². The van der Waals surface area contributed by atoms with Crippen molar-refractivity contribution in [3.05, 3.63) is 33.9 Å². The van der Waals surface area contributed by atoms with E-state index in [0.29, 0.717) is 17.7 Å². The third-order valence-corrected chi connectivity index (χ3v) is 2.15. The van der Waals surface area contributed by atoms with Gasteiger partial charge in [-0.2, -0.15) is 0 Å². The Labute approximate surface area is 80.1 Å². The van der Waals surface area contributed by atoms with Crippen molar-refractivity contribution < 1.29 is 14.8 Å². The first kappa shape index (κ1) is 8.96. The maximum atomic E-state index is 10.6. The average molecular weight is 195 g/mol. The lowest BCUT2D eigenvalue weighted by Crippen LogP contribution is -2.25. The standard InChI is InChI=1S/C9H9NO4/c11-7-4-6-2-1-3-8(10(12)13)9(6)14-5-7/h1-3,7,11H,4-5H2. The summed E-state index contributed by atoms with van der Waals surface area (Å²) in [5.74, 6) is 0.294. The van der Waals surface area contributed by atoms with E-state index in [4.69, 9.17) is 4.74 Å². The maximum absolute atomic E-state index is 10.6. The van der Waals surface area contributed by atoms with Gasteiger partial charge in [0.25, 0.3) is 0 Å². The fraction of sp³-hybridized carbons (Fsp3) is 0.333. The molecule has 0 amide bonds. The number of para-hydroxylation sites is 1. The van der Waals surface area contributed by atoms with Gasteiger partial charge in [-0.15, -0.1) is 0 Å². The highest BCUT2D eigenvalue weighted by Gasteiger charge is 2.25. The van der Waals surface area contributed by atoms with Crippen LogP contribution in [0.3, 0.4) is 0 Å². The number of rotatable bonds is 1. The van der Waals surface area contributed by atoms with E-state index in [2.05, 4.69) is 0 Å². The predicted octanol–water partition coefficient (Wildman–Crippen LogP) is 0.891. The van der Waals surface area contributed by atoms with Crippen molar-refractivity contribution >= 4 is 5.69 Å². The van der Waals surface area contributed by atoms with Crippen LogP contribution < -0.4 is 4.74 Å². The van der Waals surface area contributed by atoms with Crippen LogP contribution in [0.5, 0.6) is 5.75 Å². The summed E-state index contributed by atoms with van der Waals surface area (Å²) < 4.78 is 5.14. The summed E-state index contributed by atoms with van der Waals surface area (Å²) >= 11 is 0. The molecular weight excluding hydrogens is 186 g/mol. The van der Waals surface area contributed by atoms with Gasteiger partial charge in [-0.25, -0.2) is 0 Å². The van der Waals surface area contributed by atoms with Crippen LogP contribution in [0.25, 0.3) is 0 Å². The van der Waals surface area contributed by atoms with Crippen molar-refractivity contribution in [2.75, 3.05) is 6.61 Å². The number of ether oxygens (including phenoxy) is 1. The van der Waals surface area contributed by atoms with Gasteiger partial charge >= 0.3 is 5.69 Å². The Morgan fingerprint density at radius 2 is 2.36 bits per heavy atom. The van der Waals surface area contributed by atoms with Crippen molar-refractivity contribution in [3.63, 3.8) is 0 Å². The molecular formula is C9H9NO4. The minimum atomic E-state index is -0.565. The SMILES string of the molecule is O=[N+]([O-])c1cccc2c1OCC(O)C2. The van der Waals surface area contributed by atoms with Crippen LogP contribution >= 0.6 is 0 Å². The zero-order chi connectivity index (χ0) is 10.1. The predicted molar refractivity (Wildman–Crippen MR) is 48.3 cm³/mol. The van der Waals surface area contributed by atoms with Gasteiger partial charge in [0.1, 0.15) is 6.61 Å². The Morgan fingerprint density at radius 1 is 1.57 bits per heavy atom. The second-order valence-corrected chi connectivity index (χ2v) is 3.19. The van der Waals surface area contributed by atoms with Gasteiger partial charge in [0.2, 0.25) is 5.75 Å². The summed E-state index contributed by atoms with van der Waals surface area (Å²) in [6.45, 7) is 0.123. The lowest BCUT2D eigenvalue weighted by atomic mass is 10.0. The van der Waals surface area contributed by atoms with E-state index in [1.165, 1.54) is 6.07 Å². The molecule has 1 unspecified atom stereocenters. The van der Waals surface area contributed by atoms with Gasteiger partial charge < -0.3 is 9.84 Å². The molecule has 0 radical (unpaired) electrons. The molecule has 1 heterocycles. The number of nitrogens with zero attached hydrogens (tertiary/aromatic N) is 1. The van der Waals surface area contributed by atoms with Crippen LogP contribution in [0, 0.1) is 10.1 Å². The lowest BCUT2D eigenvalue weighted by Gasteiger charge is -2.20. The summed E-state index contributed by atoms with van der Waals surface area (Å²) in [6.07, 6.45) is -0.152. The van der Waals surface area contributed by atoms with Crippen molar-refractivity contribution in [1.82, 2.24) is 0 Å². The van der Waals surface area contributed by atoms with E-state index in [9.17, 15) is 15.2 Å². The molecule has 0 saturated carbocycles. The number of nitro groups is 1. The smallest absolute Gasteiger partial charge is 0.311 e. The van der Waals surface area contributed by atoms with Gasteiger partial charge in [-0.1, -0.05) is 12.1 Å². The van der Waals surface area contributed by atoms with Crippen LogP contribution in [0.1, 0.15) is 5.56 Å². The molecule has 0 fully saturated rings. The number of hydrogen-bond donors (Lipinski definition) is 1. The van der Waals surface area contributed by atoms with E-state index in [-0.39, 0.29) is 12.3 Å². The summed E-state index contributed by atoms with van der Waals surface area (Å²) in [7, 11) is 0. The highest BCUT2D eigenvalue weighted by molar-refractivity contribution is 5.52. The van der Waals surface area contributed by atoms with E-state index in [1.807, 2.05) is 0 Å². The van der Waals surface area contributed by atoms with Crippen LogP contribution in [0.2, 0.25) is 0 Å². The largest absolute Gasteiger partial charge is 0.484 e. The zero-order valence-corrected chi connectivity index (χ0v) is 7.34. The normalized spacial score (nSPS) is 19.6. The van der Waals surface area contributed by atoms with Crippen molar-refractivity contribution in [2.24, 2.45) is 0 Å². The average Bonchev–Trinajstić information content (AvgIpc) is 2.16. The molecule has 14 heavy (non-hydrogen) atoms. The van der Waals surface area contributed by atoms with Crippen LogP contribution in [0.15, 0.2) is 18.2 Å². The maximum Gasteiger partial charge on any atom is 0.311 e. The van der Waals surface area contributed by atoms with Crippen LogP contribution in [-0.2, 0) is 6.42 Å². The van der Waals surface area contributed by atoms with E-state index >= 15 is 0 Å². The minimum absolute atomic E-state index is 0.0330. The van der Waals surface area contributed by atoms with Crippen molar-refractivity contribution in [3.8, 4) is 5.75 Å². The zero-order valence-electron chi connectivity index (χ0n) is 7.34. The lowest BCUT2D eigenvalue weighted by molar-refractivity contribution is -0.386. The summed E-state index contributed by atoms with van der Waals surface area (Å²) in [5, 5.41) is 19.9. The number of nitro benzene ring substituents is 1. The first-order valence-corrected chi connectivity index (χ1v) is 4.25. The van der Waals surface area contributed by atoms with Crippen LogP contribution in [0.4, 0.5) is 5.69 Å². The monoisotopic (exact) mass is 195 g/mol. The third-order valence-electron chi connectivity index (χ3n) is 2.15. The number of aliphatic hydroxyl groups excluding tert-OH is 1. The van der Waals surface area contributed by atoms with Gasteiger partial charge in [0.15, 0.2) is 0 Å². The quantitative estimate of drug-likeness (QED) is 0.533. The molecule has 0 bridgehead atoms. The third kappa shape index (κ3) is 1.42. The Bertz CT molecular complexity index is 377. The van der Waals surface area contributed by atoms with Crippen LogP contribution in [-0.4, -0.2) is 22.7 Å². The molecule has 1 aromatic rings. The second-order valence-electron chi connectivity index (χ2n) is 3.19. The minimum Gasteiger partial charge on any atom is -0.484 e. The summed E-state index contributed by atoms with van der Waals surface area (Å²) in [6, 6.07) is 4.72. The highest BCUT2D eigenvalue weighted by atomic mass is 16.6. The molecule has 5 heteroatoms. The van der Waals surface area contributed by atoms with E-state index in [1.54, 1.807) is 12.1 Å². The molecule has 0 aliphatic carbocycles. The van der Waals surface area contributed by atoms with Gasteiger partial charge in [0, 0.05) is 18.1 Å². The number of hydrogen-bond acceptors (Lipinski definition) is 4. The molecule has 5 nitrogen and oxygen atoms in total. The Balaban J connectivity index is 2.46. The molecule has 1 aromatic carbocycles. The van der Waals surface area contributed by atoms with E-state index in [0.717, 1.165) is 0 Å². The summed E-state index contributed by atoms with van der Waals surface area (Å²) in [5.41, 5.74) is 0.660. The Kier molecular flexibility index (Phi) is 2.09. The Morgan fingerprint density at radius 3 is 3.07 bits per heavy atom. The molecule has 0 aromatic heterocycles.